The van der Waals surface area contributed by atoms with Crippen LogP contribution < -0.4 is 10.0 Å². The number of benzene rings is 2. The summed E-state index contributed by atoms with van der Waals surface area (Å²) in [5.74, 6) is 0.610. The lowest BCUT2D eigenvalue weighted by molar-refractivity contribution is 0.103. The van der Waals surface area contributed by atoms with E-state index in [2.05, 4.69) is 13.8 Å². The number of unbranched alkanes of at least 4 members (excludes halogenated alkanes) is 1. The Labute approximate surface area is 167 Å². The van der Waals surface area contributed by atoms with Crippen molar-refractivity contribution in [1.82, 2.24) is 0 Å². The molecule has 0 amide bonds. The van der Waals surface area contributed by atoms with Gasteiger partial charge in [0.25, 0.3) is 0 Å². The molecule has 0 aliphatic heterocycles. The van der Waals surface area contributed by atoms with Crippen molar-refractivity contribution in [2.45, 2.75) is 39.5 Å². The van der Waals surface area contributed by atoms with Gasteiger partial charge in [-0.3, -0.25) is 4.79 Å². The lowest BCUT2D eigenvalue weighted by Gasteiger charge is -2.16. The van der Waals surface area contributed by atoms with Crippen LogP contribution in [-0.4, -0.2) is 19.1 Å². The predicted molar refractivity (Wildman–Crippen MR) is 115 cm³/mol. The van der Waals surface area contributed by atoms with Gasteiger partial charge >= 0.3 is 0 Å². The molecule has 3 nitrogen and oxygen atoms in total. The third kappa shape index (κ3) is 5.46. The van der Waals surface area contributed by atoms with Crippen molar-refractivity contribution in [2.24, 2.45) is 5.92 Å². The van der Waals surface area contributed by atoms with Gasteiger partial charge in [-0.25, -0.2) is 0 Å². The number of hydrogen-bond donors (Lipinski definition) is 0. The van der Waals surface area contributed by atoms with Crippen LogP contribution in [-0.2, 0) is 4.57 Å². The molecule has 2 unspecified atom stereocenters. The summed E-state index contributed by atoms with van der Waals surface area (Å²) in [6, 6.07) is 12.3. The summed E-state index contributed by atoms with van der Waals surface area (Å²) in [7, 11) is -0.565. The van der Waals surface area contributed by atoms with Gasteiger partial charge in [-0.05, 0) is 18.1 Å². The Hall–Kier alpha value is -1.57. The summed E-state index contributed by atoms with van der Waals surface area (Å²) in [5, 5.41) is 0.979. The van der Waals surface area contributed by atoms with Gasteiger partial charge in [0.05, 0.1) is 17.7 Å². The molecule has 2 aromatic rings. The van der Waals surface area contributed by atoms with E-state index in [1.807, 2.05) is 12.1 Å². The molecule has 0 heterocycles. The molecule has 0 fully saturated rings. The van der Waals surface area contributed by atoms with Crippen LogP contribution in [0.1, 0.15) is 55.5 Å². The molecule has 0 aliphatic rings. The maximum absolute atomic E-state index is 13.2. The summed E-state index contributed by atoms with van der Waals surface area (Å²) >= 11 is 6.28. The lowest BCUT2D eigenvalue weighted by atomic mass is 10.0. The smallest absolute Gasteiger partial charge is 0.199 e. The summed E-state index contributed by atoms with van der Waals surface area (Å²) in [6.07, 6.45) is 5.01. The normalized spacial score (nSPS) is 13.2. The topological polar surface area (TPSA) is 43.4 Å². The summed E-state index contributed by atoms with van der Waals surface area (Å²) in [4.78, 5) is 13.2. The van der Waals surface area contributed by atoms with Crippen LogP contribution in [0.2, 0.25) is 5.02 Å². The van der Waals surface area contributed by atoms with E-state index in [4.69, 9.17) is 16.3 Å². The predicted octanol–water partition coefficient (Wildman–Crippen LogP) is 5.98. The molecular formula is C22H28ClO3P. The summed E-state index contributed by atoms with van der Waals surface area (Å²) in [5.41, 5.74) is 0.778. The summed E-state index contributed by atoms with van der Waals surface area (Å²) in [6.45, 7) is 4.31. The van der Waals surface area contributed by atoms with E-state index < -0.39 is 7.80 Å². The highest BCUT2D eigenvalue weighted by atomic mass is 35.5. The van der Waals surface area contributed by atoms with E-state index in [0.717, 1.165) is 25.7 Å². The number of hydrogen-bond acceptors (Lipinski definition) is 3. The van der Waals surface area contributed by atoms with Gasteiger partial charge in [-0.2, -0.15) is 0 Å². The van der Waals surface area contributed by atoms with Crippen molar-refractivity contribution in [3.05, 3.63) is 58.6 Å². The van der Waals surface area contributed by atoms with Gasteiger partial charge in [0, 0.05) is 17.0 Å². The van der Waals surface area contributed by atoms with E-state index in [1.54, 1.807) is 30.3 Å². The van der Waals surface area contributed by atoms with Crippen LogP contribution in [0.4, 0.5) is 0 Å². The molecule has 2 atom stereocenters. The van der Waals surface area contributed by atoms with Gasteiger partial charge in [0.2, 0.25) is 0 Å². The molecule has 2 rings (SSSR count). The molecule has 5 heteroatoms. The first-order valence-corrected chi connectivity index (χ1v) is 11.5. The van der Waals surface area contributed by atoms with E-state index in [9.17, 15) is 9.36 Å². The van der Waals surface area contributed by atoms with Crippen LogP contribution in [0.15, 0.2) is 42.5 Å². The van der Waals surface area contributed by atoms with Crippen molar-refractivity contribution in [1.29, 1.82) is 0 Å². The Morgan fingerprint density at radius 2 is 1.89 bits per heavy atom. The first-order chi connectivity index (χ1) is 13.0. The molecule has 0 bridgehead atoms. The maximum atomic E-state index is 13.2. The van der Waals surface area contributed by atoms with E-state index in [0.29, 0.717) is 39.3 Å². The standard InChI is InChI=1S/C22H28ClO3P/c1-4-6-10-16(5-2)15-27(25)20-14-8-7-11-17(20)22(24)21-18(23)12-9-13-19(21)26-3/h7-9,11-14,16,27H,4-6,10,15H2,1-3H3. The molecule has 0 aliphatic carbocycles. The Balaban J connectivity index is 2.35. The number of carbonyl (C=O) groups is 1. The molecule has 0 saturated carbocycles. The highest BCUT2D eigenvalue weighted by Gasteiger charge is 2.23. The van der Waals surface area contributed by atoms with Gasteiger partial charge in [-0.15, -0.1) is 0 Å². The molecule has 2 aromatic carbocycles. The number of ketones is 1. The first kappa shape index (κ1) is 21.7. The van der Waals surface area contributed by atoms with Gasteiger partial charge in [0.15, 0.2) is 5.78 Å². The molecule has 27 heavy (non-hydrogen) atoms. The third-order valence-electron chi connectivity index (χ3n) is 4.91. The molecule has 0 aromatic heterocycles. The van der Waals surface area contributed by atoms with Gasteiger partial charge in [-0.1, -0.05) is 81.5 Å². The SMILES string of the molecule is CCCCC(CC)C[PH](=O)c1ccccc1C(=O)c1c(Cl)cccc1OC. The molecule has 0 saturated heterocycles. The monoisotopic (exact) mass is 406 g/mol. The minimum atomic E-state index is -2.08. The largest absolute Gasteiger partial charge is 0.496 e. The lowest BCUT2D eigenvalue weighted by Crippen LogP contribution is -2.16. The number of carbonyl (C=O) groups excluding carboxylic acids is 1. The first-order valence-electron chi connectivity index (χ1n) is 9.52. The fraction of sp³-hybridized carbons (Fsp3) is 0.409. The number of methoxy groups -OCH3 is 1. The Kier molecular flexibility index (Phi) is 8.60. The molecular weight excluding hydrogens is 379 g/mol. The Morgan fingerprint density at radius 3 is 2.56 bits per heavy atom. The fourth-order valence-corrected chi connectivity index (χ4v) is 5.54. The third-order valence-corrected chi connectivity index (χ3v) is 7.21. The van der Waals surface area contributed by atoms with Crippen LogP contribution in [0.5, 0.6) is 5.75 Å². The quantitative estimate of drug-likeness (QED) is 0.360. The fourth-order valence-electron chi connectivity index (χ4n) is 3.27. The van der Waals surface area contributed by atoms with E-state index in [-0.39, 0.29) is 5.78 Å². The minimum Gasteiger partial charge on any atom is -0.496 e. The number of ether oxygens (including phenoxy) is 1. The number of rotatable bonds is 10. The minimum absolute atomic E-state index is 0.243. The highest BCUT2D eigenvalue weighted by molar-refractivity contribution is 7.53. The average Bonchev–Trinajstić information content (AvgIpc) is 2.70. The van der Waals surface area contributed by atoms with E-state index >= 15 is 0 Å². The molecule has 0 spiro atoms. The second kappa shape index (κ2) is 10.7. The average molecular weight is 407 g/mol. The maximum Gasteiger partial charge on any atom is 0.199 e. The van der Waals surface area contributed by atoms with E-state index in [1.165, 1.54) is 7.11 Å². The molecule has 146 valence electrons. The highest BCUT2D eigenvalue weighted by Crippen LogP contribution is 2.33. The second-order valence-electron chi connectivity index (χ2n) is 6.74. The zero-order valence-corrected chi connectivity index (χ0v) is 18.0. The van der Waals surface area contributed by atoms with Gasteiger partial charge < -0.3 is 9.30 Å². The Morgan fingerprint density at radius 1 is 1.15 bits per heavy atom. The van der Waals surface area contributed by atoms with Crippen LogP contribution >= 0.6 is 19.4 Å². The Bertz CT molecular complexity index is 804. The van der Waals surface area contributed by atoms with Gasteiger partial charge in [0.1, 0.15) is 13.6 Å². The van der Waals surface area contributed by atoms with Crippen molar-refractivity contribution in [3.63, 3.8) is 0 Å². The van der Waals surface area contributed by atoms with Crippen molar-refractivity contribution in [2.75, 3.05) is 13.3 Å². The molecule has 0 N–H and O–H groups in total. The zero-order valence-electron chi connectivity index (χ0n) is 16.3. The number of halogens is 1. The molecule has 0 radical (unpaired) electrons. The summed E-state index contributed by atoms with van der Waals surface area (Å²) < 4.78 is 18.5. The zero-order chi connectivity index (χ0) is 19.8. The van der Waals surface area contributed by atoms with Crippen molar-refractivity contribution < 1.29 is 14.1 Å². The second-order valence-corrected chi connectivity index (χ2v) is 8.94. The van der Waals surface area contributed by atoms with Crippen LogP contribution in [0.25, 0.3) is 0 Å². The van der Waals surface area contributed by atoms with Crippen molar-refractivity contribution >= 4 is 30.5 Å². The van der Waals surface area contributed by atoms with Crippen LogP contribution in [0, 0.1) is 5.92 Å². The van der Waals surface area contributed by atoms with Crippen molar-refractivity contribution in [3.8, 4) is 5.75 Å². The van der Waals surface area contributed by atoms with Crippen LogP contribution in [0.3, 0.4) is 0 Å².